The molecule has 1 aromatic carbocycles. The van der Waals surface area contributed by atoms with E-state index in [1.54, 1.807) is 0 Å². The molecule has 1 atom stereocenters. The van der Waals surface area contributed by atoms with Crippen molar-refractivity contribution in [3.8, 4) is 0 Å². The molecule has 1 aliphatic carbocycles. The van der Waals surface area contributed by atoms with E-state index in [4.69, 9.17) is 11.6 Å². The predicted octanol–water partition coefficient (Wildman–Crippen LogP) is 3.87. The van der Waals surface area contributed by atoms with Crippen LogP contribution in [-0.2, 0) is 0 Å². The Labute approximate surface area is 122 Å². The third-order valence-electron chi connectivity index (χ3n) is 4.24. The van der Waals surface area contributed by atoms with E-state index in [0.29, 0.717) is 6.04 Å². The van der Waals surface area contributed by atoms with E-state index in [1.807, 2.05) is 12.1 Å². The zero-order valence-electron chi connectivity index (χ0n) is 12.0. The molecule has 19 heavy (non-hydrogen) atoms. The van der Waals surface area contributed by atoms with Crippen molar-refractivity contribution in [2.75, 3.05) is 20.1 Å². The summed E-state index contributed by atoms with van der Waals surface area (Å²) in [6.07, 6.45) is 5.50. The summed E-state index contributed by atoms with van der Waals surface area (Å²) in [4.78, 5) is 2.38. The van der Waals surface area contributed by atoms with Gasteiger partial charge in [0.15, 0.2) is 0 Å². The zero-order chi connectivity index (χ0) is 13.7. The third kappa shape index (κ3) is 4.48. The van der Waals surface area contributed by atoms with Gasteiger partial charge in [-0.05, 0) is 44.5 Å². The van der Waals surface area contributed by atoms with Crippen molar-refractivity contribution in [1.29, 1.82) is 0 Å². The maximum Gasteiger partial charge on any atom is 0.0409 e. The smallest absolute Gasteiger partial charge is 0.0409 e. The molecule has 0 aromatic heterocycles. The van der Waals surface area contributed by atoms with Crippen molar-refractivity contribution >= 4 is 11.6 Å². The lowest BCUT2D eigenvalue weighted by Gasteiger charge is -2.26. The van der Waals surface area contributed by atoms with Gasteiger partial charge < -0.3 is 5.32 Å². The molecule has 0 heterocycles. The largest absolute Gasteiger partial charge is 0.313 e. The minimum atomic E-state index is 0.407. The normalized spacial score (nSPS) is 18.1. The molecule has 1 N–H and O–H groups in total. The lowest BCUT2D eigenvalue weighted by atomic mass is 10.1. The fraction of sp³-hybridized carbons (Fsp3) is 0.625. The van der Waals surface area contributed by atoms with Gasteiger partial charge >= 0.3 is 0 Å². The van der Waals surface area contributed by atoms with Gasteiger partial charge in [-0.1, -0.05) is 36.6 Å². The van der Waals surface area contributed by atoms with Gasteiger partial charge in [0, 0.05) is 30.2 Å². The maximum atomic E-state index is 6.05. The highest BCUT2D eigenvalue weighted by molar-refractivity contribution is 6.30. The molecule has 1 aliphatic rings. The molecule has 1 aromatic rings. The second kappa shape index (κ2) is 7.28. The average molecular weight is 281 g/mol. The Morgan fingerprint density at radius 3 is 2.79 bits per heavy atom. The molecule has 0 saturated heterocycles. The first-order chi connectivity index (χ1) is 9.16. The number of nitrogens with zero attached hydrogens (tertiary/aromatic N) is 1. The minimum Gasteiger partial charge on any atom is -0.313 e. The molecule has 2 rings (SSSR count). The molecular weight excluding hydrogens is 256 g/mol. The third-order valence-corrected chi connectivity index (χ3v) is 4.48. The van der Waals surface area contributed by atoms with Gasteiger partial charge in [0.05, 0.1) is 0 Å². The Hall–Kier alpha value is -0.570. The first-order valence-corrected chi connectivity index (χ1v) is 7.73. The van der Waals surface area contributed by atoms with Crippen LogP contribution in [0.1, 0.15) is 44.2 Å². The summed E-state index contributed by atoms with van der Waals surface area (Å²) >= 11 is 6.05. The van der Waals surface area contributed by atoms with E-state index >= 15 is 0 Å². The SMILES string of the molecule is CC(c1cccc(Cl)c1)N(C)CCNC1CCCC1. The summed E-state index contributed by atoms with van der Waals surface area (Å²) in [5, 5.41) is 4.48. The molecule has 0 bridgehead atoms. The topological polar surface area (TPSA) is 15.3 Å². The highest BCUT2D eigenvalue weighted by Gasteiger charge is 2.15. The molecular formula is C16H25ClN2. The molecule has 3 heteroatoms. The van der Waals surface area contributed by atoms with Crippen LogP contribution in [0.5, 0.6) is 0 Å². The van der Waals surface area contributed by atoms with Crippen molar-refractivity contribution in [2.24, 2.45) is 0 Å². The minimum absolute atomic E-state index is 0.407. The van der Waals surface area contributed by atoms with E-state index in [9.17, 15) is 0 Å². The fourth-order valence-electron chi connectivity index (χ4n) is 2.79. The van der Waals surface area contributed by atoms with Gasteiger partial charge in [-0.25, -0.2) is 0 Å². The van der Waals surface area contributed by atoms with Crippen molar-refractivity contribution in [3.05, 3.63) is 34.9 Å². The second-order valence-corrected chi connectivity index (χ2v) is 6.08. The van der Waals surface area contributed by atoms with Crippen molar-refractivity contribution in [2.45, 2.75) is 44.7 Å². The van der Waals surface area contributed by atoms with Crippen LogP contribution >= 0.6 is 11.6 Å². The van der Waals surface area contributed by atoms with Crippen molar-refractivity contribution in [1.82, 2.24) is 10.2 Å². The number of hydrogen-bond acceptors (Lipinski definition) is 2. The number of likely N-dealkylation sites (N-methyl/N-ethyl adjacent to an activating group) is 1. The highest BCUT2D eigenvalue weighted by Crippen LogP contribution is 2.21. The Kier molecular flexibility index (Phi) is 5.68. The number of hydrogen-bond donors (Lipinski definition) is 1. The number of halogens is 1. The van der Waals surface area contributed by atoms with E-state index in [0.717, 1.165) is 24.2 Å². The van der Waals surface area contributed by atoms with E-state index < -0.39 is 0 Å². The molecule has 106 valence electrons. The molecule has 1 fully saturated rings. The highest BCUT2D eigenvalue weighted by atomic mass is 35.5. The van der Waals surface area contributed by atoms with Crippen LogP contribution in [0.3, 0.4) is 0 Å². The Morgan fingerprint density at radius 1 is 1.37 bits per heavy atom. The van der Waals surface area contributed by atoms with Crippen LogP contribution in [0.15, 0.2) is 24.3 Å². The Balaban J connectivity index is 1.76. The van der Waals surface area contributed by atoms with Crippen LogP contribution in [-0.4, -0.2) is 31.1 Å². The van der Waals surface area contributed by atoms with Crippen molar-refractivity contribution < 1.29 is 0 Å². The van der Waals surface area contributed by atoms with E-state index in [1.165, 1.54) is 31.2 Å². The van der Waals surface area contributed by atoms with E-state index in [2.05, 4.69) is 36.3 Å². The second-order valence-electron chi connectivity index (χ2n) is 5.65. The number of nitrogens with one attached hydrogen (secondary N) is 1. The van der Waals surface area contributed by atoms with Gasteiger partial charge in [0.25, 0.3) is 0 Å². The average Bonchev–Trinajstić information content (AvgIpc) is 2.91. The van der Waals surface area contributed by atoms with Gasteiger partial charge in [-0.15, -0.1) is 0 Å². The standard InChI is InChI=1S/C16H25ClN2/c1-13(14-6-5-7-15(17)12-14)19(2)11-10-18-16-8-3-4-9-16/h5-7,12-13,16,18H,3-4,8-11H2,1-2H3. The van der Waals surface area contributed by atoms with Gasteiger partial charge in [-0.2, -0.15) is 0 Å². The molecule has 0 amide bonds. The van der Waals surface area contributed by atoms with E-state index in [-0.39, 0.29) is 0 Å². The first kappa shape index (κ1) is 14.8. The summed E-state index contributed by atoms with van der Waals surface area (Å²) in [5.74, 6) is 0. The molecule has 0 radical (unpaired) electrons. The van der Waals surface area contributed by atoms with Crippen molar-refractivity contribution in [3.63, 3.8) is 0 Å². The monoisotopic (exact) mass is 280 g/mol. The molecule has 1 saturated carbocycles. The maximum absolute atomic E-state index is 6.05. The summed E-state index contributed by atoms with van der Waals surface area (Å²) in [6.45, 7) is 4.39. The summed E-state index contributed by atoms with van der Waals surface area (Å²) in [6, 6.07) is 9.34. The number of benzene rings is 1. The summed E-state index contributed by atoms with van der Waals surface area (Å²) < 4.78 is 0. The molecule has 2 nitrogen and oxygen atoms in total. The number of rotatable bonds is 6. The van der Waals surface area contributed by atoms with Crippen LogP contribution in [0.2, 0.25) is 5.02 Å². The summed E-state index contributed by atoms with van der Waals surface area (Å²) in [5.41, 5.74) is 1.29. The molecule has 0 aliphatic heterocycles. The van der Waals surface area contributed by atoms with Gasteiger partial charge in [-0.3, -0.25) is 4.90 Å². The van der Waals surface area contributed by atoms with Crippen LogP contribution < -0.4 is 5.32 Å². The lowest BCUT2D eigenvalue weighted by Crippen LogP contribution is -2.35. The molecule has 0 spiro atoms. The predicted molar refractivity (Wildman–Crippen MR) is 82.8 cm³/mol. The first-order valence-electron chi connectivity index (χ1n) is 7.36. The molecule has 1 unspecified atom stereocenters. The van der Waals surface area contributed by atoms with Crippen LogP contribution in [0.4, 0.5) is 0 Å². The lowest BCUT2D eigenvalue weighted by molar-refractivity contribution is 0.257. The Bertz CT molecular complexity index is 388. The van der Waals surface area contributed by atoms with Gasteiger partial charge in [0.1, 0.15) is 0 Å². The quantitative estimate of drug-likeness (QED) is 0.851. The Morgan fingerprint density at radius 2 is 2.11 bits per heavy atom. The van der Waals surface area contributed by atoms with Gasteiger partial charge in [0.2, 0.25) is 0 Å². The van der Waals surface area contributed by atoms with Crippen LogP contribution in [0, 0.1) is 0 Å². The fourth-order valence-corrected chi connectivity index (χ4v) is 2.99. The zero-order valence-corrected chi connectivity index (χ0v) is 12.8. The summed E-state index contributed by atoms with van der Waals surface area (Å²) in [7, 11) is 2.18. The van der Waals surface area contributed by atoms with Crippen LogP contribution in [0.25, 0.3) is 0 Å².